The fourth-order valence-electron chi connectivity index (χ4n) is 1.35. The second kappa shape index (κ2) is 5.97. The molecular weight excluding hydrogens is 228 g/mol. The molecule has 18 heavy (non-hydrogen) atoms. The van der Waals surface area contributed by atoms with Gasteiger partial charge in [0, 0.05) is 24.6 Å². The van der Waals surface area contributed by atoms with E-state index in [1.165, 1.54) is 0 Å². The van der Waals surface area contributed by atoms with Gasteiger partial charge in [-0.3, -0.25) is 0 Å². The molecular formula is C12H24N6. The van der Waals surface area contributed by atoms with E-state index < -0.39 is 0 Å². The summed E-state index contributed by atoms with van der Waals surface area (Å²) in [5.74, 6) is 7.62. The molecule has 0 saturated carbocycles. The van der Waals surface area contributed by atoms with Gasteiger partial charge in [-0.15, -0.1) is 0 Å². The number of nitrogens with two attached hydrogens (primary N) is 1. The minimum absolute atomic E-state index is 0.106. The number of hydrogen-bond acceptors (Lipinski definition) is 6. The molecule has 0 atom stereocenters. The third kappa shape index (κ3) is 4.46. The SMILES string of the molecule is CN(C)CCNc1cc(NN)nc(C(C)(C)C)n1. The minimum Gasteiger partial charge on any atom is -0.369 e. The maximum atomic E-state index is 5.43. The summed E-state index contributed by atoms with van der Waals surface area (Å²) >= 11 is 0. The topological polar surface area (TPSA) is 79.1 Å². The van der Waals surface area contributed by atoms with Crippen LogP contribution in [0, 0.1) is 0 Å². The highest BCUT2D eigenvalue weighted by molar-refractivity contribution is 5.47. The number of hydrazine groups is 1. The van der Waals surface area contributed by atoms with Crippen molar-refractivity contribution >= 4 is 11.6 Å². The number of rotatable bonds is 5. The van der Waals surface area contributed by atoms with Crippen LogP contribution in [0.1, 0.15) is 26.6 Å². The van der Waals surface area contributed by atoms with Crippen LogP contribution in [0.3, 0.4) is 0 Å². The fourth-order valence-corrected chi connectivity index (χ4v) is 1.35. The zero-order valence-corrected chi connectivity index (χ0v) is 11.9. The Bertz CT molecular complexity index is 383. The smallest absolute Gasteiger partial charge is 0.145 e. The highest BCUT2D eigenvalue weighted by Gasteiger charge is 2.18. The van der Waals surface area contributed by atoms with E-state index in [-0.39, 0.29) is 5.41 Å². The summed E-state index contributed by atoms with van der Waals surface area (Å²) in [6, 6.07) is 1.81. The van der Waals surface area contributed by atoms with Crippen molar-refractivity contribution in [3.8, 4) is 0 Å². The van der Waals surface area contributed by atoms with Gasteiger partial charge in [-0.1, -0.05) is 20.8 Å². The highest BCUT2D eigenvalue weighted by Crippen LogP contribution is 2.21. The van der Waals surface area contributed by atoms with Crippen molar-refractivity contribution in [3.05, 3.63) is 11.9 Å². The first kappa shape index (κ1) is 14.7. The van der Waals surface area contributed by atoms with Crippen LogP contribution in [0.25, 0.3) is 0 Å². The first-order valence-corrected chi connectivity index (χ1v) is 6.07. The van der Waals surface area contributed by atoms with Gasteiger partial charge in [0.15, 0.2) is 0 Å². The van der Waals surface area contributed by atoms with Gasteiger partial charge in [0.05, 0.1) is 0 Å². The molecule has 6 heteroatoms. The summed E-state index contributed by atoms with van der Waals surface area (Å²) in [6.45, 7) is 8.00. The number of likely N-dealkylation sites (N-methyl/N-ethyl adjacent to an activating group) is 1. The molecule has 0 amide bonds. The quantitative estimate of drug-likeness (QED) is 0.536. The molecule has 0 radical (unpaired) electrons. The van der Waals surface area contributed by atoms with Crippen molar-refractivity contribution in [2.75, 3.05) is 37.9 Å². The lowest BCUT2D eigenvalue weighted by Crippen LogP contribution is -2.23. The zero-order chi connectivity index (χ0) is 13.8. The second-order valence-electron chi connectivity index (χ2n) is 5.59. The van der Waals surface area contributed by atoms with Gasteiger partial charge in [0.2, 0.25) is 0 Å². The molecule has 0 fully saturated rings. The van der Waals surface area contributed by atoms with Crippen molar-refractivity contribution in [2.45, 2.75) is 26.2 Å². The summed E-state index contributed by atoms with van der Waals surface area (Å²) in [5.41, 5.74) is 2.47. The average Bonchev–Trinajstić information content (AvgIpc) is 2.27. The van der Waals surface area contributed by atoms with Crippen LogP contribution in [0.2, 0.25) is 0 Å². The fraction of sp³-hybridized carbons (Fsp3) is 0.667. The lowest BCUT2D eigenvalue weighted by molar-refractivity contribution is 0.425. The third-order valence-corrected chi connectivity index (χ3v) is 2.41. The van der Waals surface area contributed by atoms with Gasteiger partial charge in [-0.05, 0) is 14.1 Å². The standard InChI is InChI=1S/C12H24N6/c1-12(2,3)11-15-9(8-10(16-11)17-13)14-6-7-18(4)5/h8H,6-7,13H2,1-5H3,(H2,14,15,16,17). The molecule has 1 aromatic rings. The van der Waals surface area contributed by atoms with Gasteiger partial charge < -0.3 is 15.6 Å². The van der Waals surface area contributed by atoms with Crippen LogP contribution in [0.15, 0.2) is 6.07 Å². The molecule has 1 rings (SSSR count). The number of nitrogens with zero attached hydrogens (tertiary/aromatic N) is 3. The van der Waals surface area contributed by atoms with E-state index in [2.05, 4.69) is 46.4 Å². The van der Waals surface area contributed by atoms with Gasteiger partial charge in [0.25, 0.3) is 0 Å². The Hall–Kier alpha value is -1.40. The van der Waals surface area contributed by atoms with E-state index in [0.29, 0.717) is 5.82 Å². The monoisotopic (exact) mass is 252 g/mol. The lowest BCUT2D eigenvalue weighted by Gasteiger charge is -2.19. The van der Waals surface area contributed by atoms with Crippen LogP contribution in [0.4, 0.5) is 11.6 Å². The Labute approximate surface area is 109 Å². The predicted octanol–water partition coefficient (Wildman–Crippen LogP) is 1.03. The van der Waals surface area contributed by atoms with Gasteiger partial charge in [-0.2, -0.15) is 0 Å². The molecule has 0 saturated heterocycles. The van der Waals surface area contributed by atoms with E-state index in [1.54, 1.807) is 0 Å². The number of hydrogen-bond donors (Lipinski definition) is 3. The van der Waals surface area contributed by atoms with Crippen LogP contribution in [-0.4, -0.2) is 42.1 Å². The Morgan fingerprint density at radius 2 is 1.83 bits per heavy atom. The third-order valence-electron chi connectivity index (χ3n) is 2.41. The first-order valence-electron chi connectivity index (χ1n) is 6.07. The van der Waals surface area contributed by atoms with Gasteiger partial charge >= 0.3 is 0 Å². The van der Waals surface area contributed by atoms with Gasteiger partial charge in [-0.25, -0.2) is 15.8 Å². The molecule has 1 heterocycles. The number of nitrogen functional groups attached to an aromatic ring is 1. The van der Waals surface area contributed by atoms with Crippen LogP contribution >= 0.6 is 0 Å². The summed E-state index contributed by atoms with van der Waals surface area (Å²) in [5, 5.41) is 3.27. The molecule has 6 nitrogen and oxygen atoms in total. The molecule has 0 aliphatic rings. The average molecular weight is 252 g/mol. The largest absolute Gasteiger partial charge is 0.369 e. The van der Waals surface area contributed by atoms with E-state index in [1.807, 2.05) is 20.2 Å². The van der Waals surface area contributed by atoms with E-state index in [0.717, 1.165) is 24.7 Å². The van der Waals surface area contributed by atoms with Crippen molar-refractivity contribution in [2.24, 2.45) is 5.84 Å². The number of aromatic nitrogens is 2. The Balaban J connectivity index is 2.84. The molecule has 1 aromatic heterocycles. The Kier molecular flexibility index (Phi) is 4.86. The molecule has 0 aromatic carbocycles. The van der Waals surface area contributed by atoms with Crippen LogP contribution in [-0.2, 0) is 5.41 Å². The number of anilines is 2. The molecule has 0 aliphatic heterocycles. The summed E-state index contributed by atoms with van der Waals surface area (Å²) < 4.78 is 0. The van der Waals surface area contributed by atoms with Crippen molar-refractivity contribution in [1.82, 2.24) is 14.9 Å². The van der Waals surface area contributed by atoms with E-state index >= 15 is 0 Å². The lowest BCUT2D eigenvalue weighted by atomic mass is 9.96. The predicted molar refractivity (Wildman–Crippen MR) is 75.6 cm³/mol. The molecule has 0 bridgehead atoms. The highest BCUT2D eigenvalue weighted by atomic mass is 15.3. The van der Waals surface area contributed by atoms with Gasteiger partial charge in [0.1, 0.15) is 17.5 Å². The van der Waals surface area contributed by atoms with E-state index in [4.69, 9.17) is 5.84 Å². The normalized spacial score (nSPS) is 11.7. The van der Waals surface area contributed by atoms with Crippen LogP contribution < -0.4 is 16.6 Å². The van der Waals surface area contributed by atoms with Crippen molar-refractivity contribution in [1.29, 1.82) is 0 Å². The van der Waals surface area contributed by atoms with Crippen molar-refractivity contribution in [3.63, 3.8) is 0 Å². The Morgan fingerprint density at radius 1 is 1.22 bits per heavy atom. The second-order valence-corrected chi connectivity index (χ2v) is 5.59. The molecule has 4 N–H and O–H groups in total. The molecule has 0 unspecified atom stereocenters. The summed E-state index contributed by atoms with van der Waals surface area (Å²) in [7, 11) is 4.07. The summed E-state index contributed by atoms with van der Waals surface area (Å²) in [6.07, 6.45) is 0. The van der Waals surface area contributed by atoms with Crippen molar-refractivity contribution < 1.29 is 0 Å². The summed E-state index contributed by atoms with van der Waals surface area (Å²) in [4.78, 5) is 11.0. The Morgan fingerprint density at radius 3 is 2.33 bits per heavy atom. The number of nitrogens with one attached hydrogen (secondary N) is 2. The van der Waals surface area contributed by atoms with Crippen LogP contribution in [0.5, 0.6) is 0 Å². The maximum absolute atomic E-state index is 5.43. The zero-order valence-electron chi connectivity index (χ0n) is 11.9. The van der Waals surface area contributed by atoms with E-state index in [9.17, 15) is 0 Å². The minimum atomic E-state index is -0.106. The molecule has 102 valence electrons. The molecule has 0 spiro atoms. The first-order chi connectivity index (χ1) is 8.32. The maximum Gasteiger partial charge on any atom is 0.145 e. The molecule has 0 aliphatic carbocycles.